The molecule has 3 N–H and O–H groups in total. The Morgan fingerprint density at radius 1 is 1.30 bits per heavy atom. The standard InChI is InChI=1S/C12H9ClN4OS2/c13-7-2-1-6(19-7)5-17-11(18)10-8(14)9-12(20-10)16-4-3-15-9/h1-4H,5,14H2,(H,17,18). The smallest absolute Gasteiger partial charge is 0.263 e. The summed E-state index contributed by atoms with van der Waals surface area (Å²) in [7, 11) is 0. The Labute approximate surface area is 127 Å². The lowest BCUT2D eigenvalue weighted by Crippen LogP contribution is -2.22. The number of aromatic nitrogens is 2. The quantitative estimate of drug-likeness (QED) is 0.776. The SMILES string of the molecule is Nc1c(C(=O)NCc2ccc(Cl)s2)sc2nccnc12. The van der Waals surface area contributed by atoms with Gasteiger partial charge in [0, 0.05) is 17.3 Å². The third-order valence-corrected chi connectivity index (χ3v) is 4.95. The van der Waals surface area contributed by atoms with Crippen molar-refractivity contribution in [2.75, 3.05) is 5.73 Å². The minimum Gasteiger partial charge on any atom is -0.396 e. The van der Waals surface area contributed by atoms with Crippen LogP contribution in [0.1, 0.15) is 14.5 Å². The number of carbonyl (C=O) groups excluding carboxylic acids is 1. The number of carbonyl (C=O) groups is 1. The van der Waals surface area contributed by atoms with Gasteiger partial charge in [-0.05, 0) is 12.1 Å². The van der Waals surface area contributed by atoms with Crippen LogP contribution in [-0.2, 0) is 6.54 Å². The molecule has 0 bridgehead atoms. The van der Waals surface area contributed by atoms with E-state index in [1.54, 1.807) is 18.5 Å². The highest BCUT2D eigenvalue weighted by Crippen LogP contribution is 2.30. The second-order valence-electron chi connectivity index (χ2n) is 3.94. The Morgan fingerprint density at radius 2 is 2.10 bits per heavy atom. The van der Waals surface area contributed by atoms with Crippen LogP contribution in [0.25, 0.3) is 10.3 Å². The molecule has 3 rings (SSSR count). The zero-order valence-corrected chi connectivity index (χ0v) is 12.5. The second kappa shape index (κ2) is 5.35. The number of halogens is 1. The normalized spacial score (nSPS) is 10.8. The number of nitrogens with one attached hydrogen (secondary N) is 1. The van der Waals surface area contributed by atoms with Gasteiger partial charge in [-0.3, -0.25) is 4.79 Å². The van der Waals surface area contributed by atoms with Gasteiger partial charge in [-0.25, -0.2) is 9.97 Å². The van der Waals surface area contributed by atoms with E-state index in [1.165, 1.54) is 22.7 Å². The summed E-state index contributed by atoms with van der Waals surface area (Å²) in [6.45, 7) is 0.421. The van der Waals surface area contributed by atoms with Crippen molar-refractivity contribution in [2.45, 2.75) is 6.54 Å². The fourth-order valence-electron chi connectivity index (χ4n) is 1.71. The van der Waals surface area contributed by atoms with Gasteiger partial charge >= 0.3 is 0 Å². The van der Waals surface area contributed by atoms with Crippen LogP contribution in [-0.4, -0.2) is 15.9 Å². The van der Waals surface area contributed by atoms with E-state index >= 15 is 0 Å². The first-order chi connectivity index (χ1) is 9.65. The van der Waals surface area contributed by atoms with Gasteiger partial charge < -0.3 is 11.1 Å². The van der Waals surface area contributed by atoms with Crippen molar-refractivity contribution in [1.82, 2.24) is 15.3 Å². The molecule has 102 valence electrons. The van der Waals surface area contributed by atoms with Crippen molar-refractivity contribution < 1.29 is 4.79 Å². The molecule has 0 aliphatic heterocycles. The Hall–Kier alpha value is -1.70. The number of amides is 1. The second-order valence-corrected chi connectivity index (χ2v) is 6.74. The fourth-order valence-corrected chi connectivity index (χ4v) is 3.67. The van der Waals surface area contributed by atoms with Gasteiger partial charge in [0.2, 0.25) is 0 Å². The molecule has 0 fully saturated rings. The fraction of sp³-hybridized carbons (Fsp3) is 0.0833. The number of fused-ring (bicyclic) bond motifs is 1. The van der Waals surface area contributed by atoms with Crippen molar-refractivity contribution in [3.63, 3.8) is 0 Å². The molecular formula is C12H9ClN4OS2. The van der Waals surface area contributed by atoms with Crippen LogP contribution in [0.2, 0.25) is 4.34 Å². The highest BCUT2D eigenvalue weighted by Gasteiger charge is 2.17. The molecule has 20 heavy (non-hydrogen) atoms. The Morgan fingerprint density at radius 3 is 2.80 bits per heavy atom. The van der Waals surface area contributed by atoms with E-state index in [9.17, 15) is 4.79 Å². The molecule has 3 aromatic rings. The molecule has 1 amide bonds. The molecule has 0 unspecified atom stereocenters. The maximum absolute atomic E-state index is 12.2. The summed E-state index contributed by atoms with van der Waals surface area (Å²) < 4.78 is 0.698. The van der Waals surface area contributed by atoms with Crippen LogP contribution in [0.5, 0.6) is 0 Å². The monoisotopic (exact) mass is 324 g/mol. The van der Waals surface area contributed by atoms with Crippen LogP contribution < -0.4 is 11.1 Å². The van der Waals surface area contributed by atoms with Gasteiger partial charge in [0.25, 0.3) is 5.91 Å². The Balaban J connectivity index is 1.80. The summed E-state index contributed by atoms with van der Waals surface area (Å²) in [5.41, 5.74) is 6.89. The lowest BCUT2D eigenvalue weighted by Gasteiger charge is -2.02. The number of hydrogen-bond acceptors (Lipinski definition) is 6. The Kier molecular flexibility index (Phi) is 3.56. The van der Waals surface area contributed by atoms with Crippen LogP contribution in [0.15, 0.2) is 24.5 Å². The summed E-state index contributed by atoms with van der Waals surface area (Å²) >= 11 is 8.51. The summed E-state index contributed by atoms with van der Waals surface area (Å²) in [5.74, 6) is -0.225. The van der Waals surface area contributed by atoms with Gasteiger partial charge in [-0.1, -0.05) is 11.6 Å². The maximum Gasteiger partial charge on any atom is 0.263 e. The molecule has 3 aromatic heterocycles. The lowest BCUT2D eigenvalue weighted by molar-refractivity contribution is 0.0956. The zero-order valence-electron chi connectivity index (χ0n) is 10.1. The van der Waals surface area contributed by atoms with E-state index in [4.69, 9.17) is 17.3 Å². The first-order valence-corrected chi connectivity index (χ1v) is 7.67. The molecule has 0 saturated heterocycles. The number of hydrogen-bond donors (Lipinski definition) is 2. The van der Waals surface area contributed by atoms with E-state index < -0.39 is 0 Å². The van der Waals surface area contributed by atoms with E-state index in [-0.39, 0.29) is 5.91 Å². The number of nitrogens with two attached hydrogens (primary N) is 1. The van der Waals surface area contributed by atoms with Crippen LogP contribution in [0, 0.1) is 0 Å². The number of nitrogens with zero attached hydrogens (tertiary/aromatic N) is 2. The van der Waals surface area contributed by atoms with Crippen molar-refractivity contribution >= 4 is 56.2 Å². The molecule has 5 nitrogen and oxygen atoms in total. The van der Waals surface area contributed by atoms with Crippen LogP contribution >= 0.6 is 34.3 Å². The van der Waals surface area contributed by atoms with E-state index in [0.717, 1.165) is 4.88 Å². The van der Waals surface area contributed by atoms with E-state index in [0.29, 0.717) is 31.8 Å². The largest absolute Gasteiger partial charge is 0.396 e. The summed E-state index contributed by atoms with van der Waals surface area (Å²) in [4.78, 5) is 22.5. The molecule has 3 heterocycles. The predicted octanol–water partition coefficient (Wildman–Crippen LogP) is 2.92. The van der Waals surface area contributed by atoms with Gasteiger partial charge in [0.15, 0.2) is 0 Å². The van der Waals surface area contributed by atoms with Gasteiger partial charge in [-0.2, -0.15) is 0 Å². The number of rotatable bonds is 3. The molecule has 0 radical (unpaired) electrons. The maximum atomic E-state index is 12.2. The van der Waals surface area contributed by atoms with Crippen molar-refractivity contribution in [2.24, 2.45) is 0 Å². The van der Waals surface area contributed by atoms with Gasteiger partial charge in [0.05, 0.1) is 16.6 Å². The third kappa shape index (κ3) is 2.47. The molecule has 0 aromatic carbocycles. The van der Waals surface area contributed by atoms with E-state index in [1.807, 2.05) is 6.07 Å². The third-order valence-electron chi connectivity index (χ3n) is 2.62. The van der Waals surface area contributed by atoms with Gasteiger partial charge in [0.1, 0.15) is 15.2 Å². The molecule has 8 heteroatoms. The summed E-state index contributed by atoms with van der Waals surface area (Å²) in [5, 5.41) is 2.82. The minimum absolute atomic E-state index is 0.225. The Bertz CT molecular complexity index is 783. The zero-order chi connectivity index (χ0) is 14.1. The average Bonchev–Trinajstić information content (AvgIpc) is 3.01. The summed E-state index contributed by atoms with van der Waals surface area (Å²) in [6, 6.07) is 3.68. The lowest BCUT2D eigenvalue weighted by atomic mass is 10.3. The molecule has 0 spiro atoms. The highest BCUT2D eigenvalue weighted by molar-refractivity contribution is 7.21. The average molecular weight is 325 g/mol. The van der Waals surface area contributed by atoms with E-state index in [2.05, 4.69) is 15.3 Å². The summed E-state index contributed by atoms with van der Waals surface area (Å²) in [6.07, 6.45) is 3.13. The number of nitrogen functional groups attached to an aromatic ring is 1. The van der Waals surface area contributed by atoms with Gasteiger partial charge in [-0.15, -0.1) is 22.7 Å². The van der Waals surface area contributed by atoms with Crippen LogP contribution in [0.4, 0.5) is 5.69 Å². The van der Waals surface area contributed by atoms with Crippen molar-refractivity contribution in [3.8, 4) is 0 Å². The minimum atomic E-state index is -0.225. The number of thiophene rings is 2. The van der Waals surface area contributed by atoms with Crippen LogP contribution in [0.3, 0.4) is 0 Å². The molecule has 0 atom stereocenters. The highest BCUT2D eigenvalue weighted by atomic mass is 35.5. The number of anilines is 1. The topological polar surface area (TPSA) is 80.9 Å². The predicted molar refractivity (Wildman–Crippen MR) is 82.3 cm³/mol. The molecule has 0 saturated carbocycles. The van der Waals surface area contributed by atoms with Crippen molar-refractivity contribution in [1.29, 1.82) is 0 Å². The molecular weight excluding hydrogens is 316 g/mol. The van der Waals surface area contributed by atoms with Crippen molar-refractivity contribution in [3.05, 3.63) is 38.6 Å². The molecule has 0 aliphatic rings. The molecule has 0 aliphatic carbocycles. The first kappa shape index (κ1) is 13.3. The first-order valence-electron chi connectivity index (χ1n) is 5.66.